The number of hydrogen-bond acceptors (Lipinski definition) is 3. The van der Waals surface area contributed by atoms with Crippen molar-refractivity contribution in [1.82, 2.24) is 14.5 Å². The van der Waals surface area contributed by atoms with Gasteiger partial charge < -0.3 is 19.0 Å². The fourth-order valence-electron chi connectivity index (χ4n) is 8.92. The molecule has 311 valence electrons. The normalized spacial score (nSPS) is 11.7. The maximum absolute atomic E-state index is 6.61. The number of para-hydroxylation sites is 2. The quantitative estimate of drug-likeness (QED) is 0.118. The Balaban J connectivity index is 0.000000204. The Labute approximate surface area is 383 Å². The second-order valence-electron chi connectivity index (χ2n) is 17.6. The Morgan fingerprint density at radius 2 is 1.37 bits per heavy atom. The van der Waals surface area contributed by atoms with Crippen molar-refractivity contribution in [3.8, 4) is 39.3 Å². The molecule has 0 aliphatic rings. The van der Waals surface area contributed by atoms with Crippen LogP contribution in [0.5, 0.6) is 0 Å². The predicted octanol–water partition coefficient (Wildman–Crippen LogP) is 14.7. The van der Waals surface area contributed by atoms with Crippen LogP contribution in [0.2, 0.25) is 19.6 Å². The molecule has 0 aliphatic carbocycles. The van der Waals surface area contributed by atoms with Crippen LogP contribution in [-0.2, 0) is 26.5 Å². The fraction of sp³-hybridized carbons (Fsp3) is 0.123. The molecule has 0 N–H and O–H groups in total. The maximum atomic E-state index is 6.61. The van der Waals surface area contributed by atoms with Crippen molar-refractivity contribution in [1.29, 1.82) is 0 Å². The van der Waals surface area contributed by atoms with Gasteiger partial charge >= 0.3 is 0 Å². The molecule has 0 unspecified atom stereocenters. The van der Waals surface area contributed by atoms with E-state index in [4.69, 9.17) is 9.40 Å². The maximum Gasteiger partial charge on any atom is 0.121 e. The van der Waals surface area contributed by atoms with Gasteiger partial charge in [-0.15, -0.1) is 54.1 Å². The average Bonchev–Trinajstić information content (AvgIpc) is 3.85. The molecule has 0 bridgehead atoms. The third kappa shape index (κ3) is 8.07. The Morgan fingerprint density at radius 1 is 0.619 bits per heavy atom. The first-order chi connectivity index (χ1) is 30.2. The molecule has 63 heavy (non-hydrogen) atoms. The molecular weight excluding hydrogens is 963 g/mol. The van der Waals surface area contributed by atoms with E-state index in [1.54, 1.807) is 0 Å². The molecule has 0 aliphatic heterocycles. The van der Waals surface area contributed by atoms with Crippen LogP contribution in [0, 0.1) is 18.1 Å². The summed E-state index contributed by atoms with van der Waals surface area (Å²) in [5.41, 5.74) is 12.8. The Morgan fingerprint density at radius 3 is 2.16 bits per heavy atom. The van der Waals surface area contributed by atoms with Crippen LogP contribution in [-0.4, -0.2) is 22.6 Å². The van der Waals surface area contributed by atoms with Crippen LogP contribution >= 0.6 is 0 Å². The van der Waals surface area contributed by atoms with Gasteiger partial charge in [0.2, 0.25) is 0 Å². The molecule has 0 atom stereocenters. The van der Waals surface area contributed by atoms with Crippen molar-refractivity contribution >= 4 is 67.8 Å². The van der Waals surface area contributed by atoms with E-state index in [0.717, 1.165) is 72.9 Å². The first kappa shape index (κ1) is 41.9. The number of aromatic nitrogens is 3. The SMILES string of the molecule is CC(C)Cc1cc(-c2[c-]cccc2)ncc1[Si](C)(C)C.[Ir].[c-]1ccc2c(oc3cc(-c4cccc5c4c4ccccc4n5-c4ccccc4)ccc32)c1-c1cc2ccccc2cn1. The van der Waals surface area contributed by atoms with Crippen LogP contribution in [0.1, 0.15) is 19.4 Å². The average molecular weight is 1010 g/mol. The number of hydrogen-bond donors (Lipinski definition) is 0. The largest absolute Gasteiger partial charge is 0.501 e. The van der Waals surface area contributed by atoms with Gasteiger partial charge in [-0.05, 0) is 81.1 Å². The zero-order valence-corrected chi connectivity index (χ0v) is 39.5. The van der Waals surface area contributed by atoms with E-state index in [1.807, 2.05) is 36.5 Å². The molecular formula is C57H47IrN3OSi-2. The van der Waals surface area contributed by atoms with Crippen molar-refractivity contribution in [2.24, 2.45) is 5.92 Å². The van der Waals surface area contributed by atoms with E-state index in [-0.39, 0.29) is 20.1 Å². The summed E-state index contributed by atoms with van der Waals surface area (Å²) in [4.78, 5) is 9.45. The Hall–Kier alpha value is -6.43. The minimum atomic E-state index is -1.34. The van der Waals surface area contributed by atoms with E-state index >= 15 is 0 Å². The fourth-order valence-corrected chi connectivity index (χ4v) is 10.5. The molecule has 0 spiro atoms. The summed E-state index contributed by atoms with van der Waals surface area (Å²) in [6, 6.07) is 63.8. The van der Waals surface area contributed by atoms with Gasteiger partial charge in [0.15, 0.2) is 0 Å². The number of pyridine rings is 2. The summed E-state index contributed by atoms with van der Waals surface area (Å²) in [7, 11) is -1.34. The summed E-state index contributed by atoms with van der Waals surface area (Å²) in [6.07, 6.45) is 5.16. The topological polar surface area (TPSA) is 43.9 Å². The standard InChI is InChI=1S/C39H23N2O.C18H24NSi.Ir/c1-2-12-28(13-3-1)41-35-18-7-6-14-33(35)38-29(15-9-19-36(38)41)26-20-21-30-31-16-8-17-32(39(31)42-37(30)23-26)34-22-25-10-4-5-11-27(25)24-40-34;1-14(2)11-16-12-17(15-9-7-6-8-10-15)19-13-18(16)20(3,4)5;/h1-16,18-24H;6-9,12-14H,11H2,1-5H3;/q2*-1;. The molecule has 0 saturated carbocycles. The molecule has 11 aromatic rings. The molecule has 1 radical (unpaired) electrons. The van der Waals surface area contributed by atoms with E-state index < -0.39 is 8.07 Å². The monoisotopic (exact) mass is 1010 g/mol. The number of fused-ring (bicyclic) bond motifs is 7. The molecule has 0 fully saturated rings. The second-order valence-corrected chi connectivity index (χ2v) is 22.6. The minimum absolute atomic E-state index is 0. The first-order valence-corrected chi connectivity index (χ1v) is 25.0. The van der Waals surface area contributed by atoms with Gasteiger partial charge in [-0.3, -0.25) is 0 Å². The van der Waals surface area contributed by atoms with Gasteiger partial charge in [0.1, 0.15) is 5.58 Å². The summed E-state index contributed by atoms with van der Waals surface area (Å²) in [6.45, 7) is 11.7. The second kappa shape index (κ2) is 17.4. The third-order valence-corrected chi connectivity index (χ3v) is 13.8. The Bertz CT molecular complexity index is 3400. The van der Waals surface area contributed by atoms with E-state index in [2.05, 4.69) is 195 Å². The van der Waals surface area contributed by atoms with Gasteiger partial charge in [-0.25, -0.2) is 0 Å². The van der Waals surface area contributed by atoms with Crippen LogP contribution in [0.3, 0.4) is 0 Å². The van der Waals surface area contributed by atoms with Gasteiger partial charge in [-0.2, -0.15) is 0 Å². The zero-order valence-electron chi connectivity index (χ0n) is 36.1. The first-order valence-electron chi connectivity index (χ1n) is 21.5. The summed E-state index contributed by atoms with van der Waals surface area (Å²) >= 11 is 0. The smallest absolute Gasteiger partial charge is 0.121 e. The summed E-state index contributed by atoms with van der Waals surface area (Å²) < 4.78 is 8.96. The van der Waals surface area contributed by atoms with E-state index in [9.17, 15) is 0 Å². The number of furan rings is 1. The molecule has 4 aromatic heterocycles. The molecule has 11 rings (SSSR count). The summed E-state index contributed by atoms with van der Waals surface area (Å²) in [5, 5.41) is 8.38. The summed E-state index contributed by atoms with van der Waals surface area (Å²) in [5.74, 6) is 0.667. The Kier molecular flexibility index (Phi) is 11.6. The molecule has 7 aromatic carbocycles. The zero-order chi connectivity index (χ0) is 42.4. The number of benzene rings is 7. The third-order valence-electron chi connectivity index (χ3n) is 11.8. The van der Waals surface area contributed by atoms with Crippen molar-refractivity contribution < 1.29 is 24.5 Å². The predicted molar refractivity (Wildman–Crippen MR) is 263 cm³/mol. The molecule has 6 heteroatoms. The molecule has 0 saturated heterocycles. The van der Waals surface area contributed by atoms with Gasteiger partial charge in [0, 0.05) is 54.3 Å². The number of rotatable bonds is 7. The molecule has 0 amide bonds. The van der Waals surface area contributed by atoms with Crippen molar-refractivity contribution in [3.05, 3.63) is 194 Å². The van der Waals surface area contributed by atoms with E-state index in [0.29, 0.717) is 5.92 Å². The molecule has 4 nitrogen and oxygen atoms in total. The van der Waals surface area contributed by atoms with Gasteiger partial charge in [0.25, 0.3) is 0 Å². The van der Waals surface area contributed by atoms with Crippen LogP contribution < -0.4 is 5.19 Å². The van der Waals surface area contributed by atoms with Crippen LogP contribution in [0.4, 0.5) is 0 Å². The minimum Gasteiger partial charge on any atom is -0.501 e. The number of nitrogens with zero attached hydrogens (tertiary/aromatic N) is 3. The van der Waals surface area contributed by atoms with Crippen molar-refractivity contribution in [2.75, 3.05) is 0 Å². The van der Waals surface area contributed by atoms with Crippen LogP contribution in [0.25, 0.3) is 93.8 Å². The van der Waals surface area contributed by atoms with Crippen molar-refractivity contribution in [3.63, 3.8) is 0 Å². The van der Waals surface area contributed by atoms with Gasteiger partial charge in [0.05, 0.1) is 24.7 Å². The van der Waals surface area contributed by atoms with E-state index in [1.165, 1.54) is 38.1 Å². The van der Waals surface area contributed by atoms with Gasteiger partial charge in [-0.1, -0.05) is 147 Å². The van der Waals surface area contributed by atoms with Crippen LogP contribution in [0.15, 0.2) is 181 Å². The van der Waals surface area contributed by atoms with Crippen molar-refractivity contribution in [2.45, 2.75) is 39.9 Å². The molecule has 4 heterocycles.